The zero-order chi connectivity index (χ0) is 13.0. The van der Waals surface area contributed by atoms with Crippen LogP contribution in [0.5, 0.6) is 0 Å². The van der Waals surface area contributed by atoms with Crippen LogP contribution in [0.15, 0.2) is 24.3 Å². The van der Waals surface area contributed by atoms with Gasteiger partial charge in [-0.05, 0) is 24.6 Å². The molecule has 4 heteroatoms. The highest BCUT2D eigenvalue weighted by Crippen LogP contribution is 2.39. The van der Waals surface area contributed by atoms with Gasteiger partial charge in [0.25, 0.3) is 0 Å². The van der Waals surface area contributed by atoms with Gasteiger partial charge in [-0.2, -0.15) is 0 Å². The highest BCUT2D eigenvalue weighted by molar-refractivity contribution is 8.00. The van der Waals surface area contributed by atoms with Crippen LogP contribution in [0, 0.1) is 6.92 Å². The molecule has 1 atom stereocenters. The maximum atomic E-state index is 11.9. The molecule has 2 rings (SSSR count). The minimum absolute atomic E-state index is 0.192. The lowest BCUT2D eigenvalue weighted by Crippen LogP contribution is -2.35. The fourth-order valence-electron chi connectivity index (χ4n) is 2.19. The molecule has 0 aliphatic carbocycles. The number of nitrogens with zero attached hydrogens (tertiary/aromatic N) is 1. The van der Waals surface area contributed by atoms with Gasteiger partial charge in [0.05, 0.1) is 5.75 Å². The molecule has 0 spiro atoms. The molecule has 1 aromatic rings. The van der Waals surface area contributed by atoms with Crippen LogP contribution in [-0.2, 0) is 4.79 Å². The molecule has 1 aliphatic heterocycles. The second kappa shape index (κ2) is 6.25. The summed E-state index contributed by atoms with van der Waals surface area (Å²) in [7, 11) is 0. The third kappa shape index (κ3) is 2.87. The third-order valence-electron chi connectivity index (χ3n) is 3.20. The summed E-state index contributed by atoms with van der Waals surface area (Å²) in [5.41, 5.74) is 2.53. The molecule has 0 saturated carbocycles. The number of carbonyl (C=O) groups is 1. The molecular weight excluding hydrogens is 244 g/mol. The van der Waals surface area contributed by atoms with Crippen LogP contribution in [0.2, 0.25) is 0 Å². The van der Waals surface area contributed by atoms with E-state index in [1.54, 1.807) is 11.8 Å². The van der Waals surface area contributed by atoms with Crippen LogP contribution in [-0.4, -0.2) is 36.2 Å². The van der Waals surface area contributed by atoms with Crippen LogP contribution in [0.25, 0.3) is 0 Å². The Morgan fingerprint density at radius 1 is 1.44 bits per heavy atom. The molecule has 0 aromatic heterocycles. The molecule has 1 saturated heterocycles. The van der Waals surface area contributed by atoms with Crippen molar-refractivity contribution in [1.82, 2.24) is 10.2 Å². The second-order valence-corrected chi connectivity index (χ2v) is 5.53. The Morgan fingerprint density at radius 3 is 2.94 bits per heavy atom. The molecule has 0 radical (unpaired) electrons. The lowest BCUT2D eigenvalue weighted by Gasteiger charge is -2.25. The average molecular weight is 264 g/mol. The summed E-state index contributed by atoms with van der Waals surface area (Å²) in [5.74, 6) is 0.858. The Morgan fingerprint density at radius 2 is 2.22 bits per heavy atom. The molecule has 1 unspecified atom stereocenters. The Hall–Kier alpha value is -1.00. The smallest absolute Gasteiger partial charge is 0.233 e. The number of benzene rings is 1. The predicted octanol–water partition coefficient (Wildman–Crippen LogP) is 2.18. The van der Waals surface area contributed by atoms with Gasteiger partial charge >= 0.3 is 0 Å². The van der Waals surface area contributed by atoms with Crippen LogP contribution in [0.3, 0.4) is 0 Å². The number of aryl methyl sites for hydroxylation is 1. The molecule has 1 aliphatic rings. The van der Waals surface area contributed by atoms with E-state index < -0.39 is 0 Å². The van der Waals surface area contributed by atoms with Crippen LogP contribution in [0.4, 0.5) is 0 Å². The molecular formula is C14H20N2OS. The molecule has 1 aromatic carbocycles. The number of carbonyl (C=O) groups excluding carboxylic acids is 1. The van der Waals surface area contributed by atoms with E-state index in [4.69, 9.17) is 0 Å². The number of likely N-dealkylation sites (N-methyl/N-ethyl adjacent to an activating group) is 1. The number of hydrogen-bond donors (Lipinski definition) is 1. The highest BCUT2D eigenvalue weighted by atomic mass is 32.2. The minimum Gasteiger partial charge on any atom is -0.325 e. The first kappa shape index (κ1) is 13.4. The first-order chi connectivity index (χ1) is 8.74. The molecule has 3 nitrogen and oxygen atoms in total. The monoisotopic (exact) mass is 264 g/mol. The Balaban J connectivity index is 2.11. The van der Waals surface area contributed by atoms with Crippen molar-refractivity contribution >= 4 is 17.7 Å². The van der Waals surface area contributed by atoms with Gasteiger partial charge in [0.15, 0.2) is 0 Å². The molecule has 18 heavy (non-hydrogen) atoms. The van der Waals surface area contributed by atoms with Crippen molar-refractivity contribution in [1.29, 1.82) is 0 Å². The summed E-state index contributed by atoms with van der Waals surface area (Å²) in [6, 6.07) is 8.34. The van der Waals surface area contributed by atoms with E-state index in [1.165, 1.54) is 11.1 Å². The maximum absolute atomic E-state index is 11.9. The number of rotatable bonds is 5. The molecule has 1 N–H and O–H groups in total. The fourth-order valence-corrected chi connectivity index (χ4v) is 3.51. The van der Waals surface area contributed by atoms with Gasteiger partial charge in [0, 0.05) is 13.1 Å². The molecule has 1 amide bonds. The van der Waals surface area contributed by atoms with Crippen molar-refractivity contribution in [2.45, 2.75) is 19.2 Å². The van der Waals surface area contributed by atoms with Gasteiger partial charge in [0.2, 0.25) is 5.91 Å². The van der Waals surface area contributed by atoms with Crippen LogP contribution in [0.1, 0.15) is 23.4 Å². The zero-order valence-electron chi connectivity index (χ0n) is 11.0. The Labute approximate surface area is 113 Å². The van der Waals surface area contributed by atoms with E-state index in [0.717, 1.165) is 19.6 Å². The fraction of sp³-hybridized carbons (Fsp3) is 0.500. The molecule has 0 bridgehead atoms. The Kier molecular flexibility index (Phi) is 4.66. The van der Waals surface area contributed by atoms with Gasteiger partial charge in [-0.25, -0.2) is 0 Å². The molecule has 1 heterocycles. The lowest BCUT2D eigenvalue weighted by atomic mass is 10.1. The van der Waals surface area contributed by atoms with Crippen molar-refractivity contribution in [3.8, 4) is 0 Å². The van der Waals surface area contributed by atoms with Gasteiger partial charge in [-0.3, -0.25) is 4.79 Å². The van der Waals surface area contributed by atoms with Crippen molar-refractivity contribution < 1.29 is 4.79 Å². The molecule has 1 fully saturated rings. The largest absolute Gasteiger partial charge is 0.325 e. The third-order valence-corrected chi connectivity index (χ3v) is 4.44. The van der Waals surface area contributed by atoms with Gasteiger partial charge in [-0.1, -0.05) is 31.2 Å². The van der Waals surface area contributed by atoms with E-state index >= 15 is 0 Å². The SMILES string of the molecule is CCNCCN1C(=O)CSC1c1ccccc1C. The normalized spacial score (nSPS) is 19.6. The topological polar surface area (TPSA) is 32.3 Å². The second-order valence-electron chi connectivity index (χ2n) is 4.46. The predicted molar refractivity (Wildman–Crippen MR) is 76.6 cm³/mol. The first-order valence-corrected chi connectivity index (χ1v) is 7.46. The van der Waals surface area contributed by atoms with E-state index in [2.05, 4.69) is 31.3 Å². The number of hydrogen-bond acceptors (Lipinski definition) is 3. The van der Waals surface area contributed by atoms with E-state index in [1.807, 2.05) is 17.0 Å². The van der Waals surface area contributed by atoms with Gasteiger partial charge in [-0.15, -0.1) is 11.8 Å². The summed E-state index contributed by atoms with van der Waals surface area (Å²) in [5, 5.41) is 3.47. The number of amides is 1. The van der Waals surface area contributed by atoms with Crippen molar-refractivity contribution in [2.75, 3.05) is 25.4 Å². The van der Waals surface area contributed by atoms with Crippen LogP contribution >= 0.6 is 11.8 Å². The van der Waals surface area contributed by atoms with E-state index in [9.17, 15) is 4.79 Å². The summed E-state index contributed by atoms with van der Waals surface area (Å²) in [4.78, 5) is 13.9. The Bertz CT molecular complexity index is 422. The standard InChI is InChI=1S/C14H20N2OS/c1-3-15-8-9-16-13(17)10-18-14(16)12-7-5-4-6-11(12)2/h4-7,14-15H,3,8-10H2,1-2H3. The first-order valence-electron chi connectivity index (χ1n) is 6.41. The number of thioether (sulfide) groups is 1. The maximum Gasteiger partial charge on any atom is 0.233 e. The molecule has 98 valence electrons. The highest BCUT2D eigenvalue weighted by Gasteiger charge is 2.32. The lowest BCUT2D eigenvalue weighted by molar-refractivity contribution is -0.128. The van der Waals surface area contributed by atoms with E-state index in [-0.39, 0.29) is 11.3 Å². The van der Waals surface area contributed by atoms with Gasteiger partial charge < -0.3 is 10.2 Å². The minimum atomic E-state index is 0.192. The summed E-state index contributed by atoms with van der Waals surface area (Å²) >= 11 is 1.73. The van der Waals surface area contributed by atoms with Gasteiger partial charge in [0.1, 0.15) is 5.37 Å². The van der Waals surface area contributed by atoms with E-state index in [0.29, 0.717) is 5.75 Å². The average Bonchev–Trinajstić information content (AvgIpc) is 2.72. The van der Waals surface area contributed by atoms with Crippen molar-refractivity contribution in [2.24, 2.45) is 0 Å². The summed E-state index contributed by atoms with van der Waals surface area (Å²) < 4.78 is 0. The van der Waals surface area contributed by atoms with Crippen molar-refractivity contribution in [3.63, 3.8) is 0 Å². The van der Waals surface area contributed by atoms with Crippen molar-refractivity contribution in [3.05, 3.63) is 35.4 Å². The number of nitrogens with one attached hydrogen (secondary N) is 1. The van der Waals surface area contributed by atoms with Crippen LogP contribution < -0.4 is 5.32 Å². The summed E-state index contributed by atoms with van der Waals surface area (Å²) in [6.45, 7) is 6.80. The zero-order valence-corrected chi connectivity index (χ0v) is 11.8. The quantitative estimate of drug-likeness (QED) is 0.827. The summed E-state index contributed by atoms with van der Waals surface area (Å²) in [6.07, 6.45) is 0.